The van der Waals surface area contributed by atoms with Gasteiger partial charge in [-0.05, 0) is 19.1 Å². The summed E-state index contributed by atoms with van der Waals surface area (Å²) in [5.41, 5.74) is 0. The SMILES string of the molecule is C#CCN(CC(=O)O)C(=O)N(C)Cc1ccc(C)o1. The summed E-state index contributed by atoms with van der Waals surface area (Å²) in [6, 6.07) is 3.11. The van der Waals surface area contributed by atoms with Crippen LogP contribution in [0.4, 0.5) is 4.79 Å². The zero-order chi connectivity index (χ0) is 14.4. The minimum absolute atomic E-state index is 0.0490. The Bertz CT molecular complexity index is 501. The number of furan rings is 1. The number of carbonyl (C=O) groups excluding carboxylic acids is 1. The molecule has 0 spiro atoms. The second kappa shape index (κ2) is 6.50. The molecule has 0 radical (unpaired) electrons. The third-order valence-corrected chi connectivity index (χ3v) is 2.39. The number of aryl methyl sites for hydroxylation is 1. The summed E-state index contributed by atoms with van der Waals surface area (Å²) in [6.07, 6.45) is 5.13. The van der Waals surface area contributed by atoms with Crippen molar-refractivity contribution in [2.24, 2.45) is 0 Å². The predicted octanol–water partition coefficient (Wildman–Crippen LogP) is 1.16. The molecule has 6 heteroatoms. The lowest BCUT2D eigenvalue weighted by molar-refractivity contribution is -0.137. The van der Waals surface area contributed by atoms with Crippen molar-refractivity contribution in [2.75, 3.05) is 20.1 Å². The zero-order valence-electron chi connectivity index (χ0n) is 10.9. The molecule has 0 aromatic carbocycles. The number of carboxylic acids is 1. The van der Waals surface area contributed by atoms with Gasteiger partial charge in [-0.15, -0.1) is 6.42 Å². The summed E-state index contributed by atoms with van der Waals surface area (Å²) in [6.45, 7) is 1.59. The lowest BCUT2D eigenvalue weighted by Gasteiger charge is -2.24. The molecule has 0 fully saturated rings. The van der Waals surface area contributed by atoms with Crippen molar-refractivity contribution in [3.05, 3.63) is 23.7 Å². The Labute approximate surface area is 111 Å². The molecule has 0 saturated carbocycles. The fourth-order valence-corrected chi connectivity index (χ4v) is 1.58. The Morgan fingerprint density at radius 1 is 1.47 bits per heavy atom. The molecule has 0 aliphatic carbocycles. The first kappa shape index (κ1) is 14.6. The van der Waals surface area contributed by atoms with E-state index in [1.165, 1.54) is 4.90 Å². The van der Waals surface area contributed by atoms with E-state index in [9.17, 15) is 9.59 Å². The predicted molar refractivity (Wildman–Crippen MR) is 68.3 cm³/mol. The standard InChI is InChI=1S/C13H16N2O4/c1-4-7-15(9-12(16)17)13(18)14(3)8-11-6-5-10(2)19-11/h1,5-6H,7-9H2,2-3H3,(H,16,17). The maximum absolute atomic E-state index is 12.0. The minimum atomic E-state index is -1.11. The average molecular weight is 264 g/mol. The number of carboxylic acid groups (broad SMARTS) is 1. The van der Waals surface area contributed by atoms with E-state index in [1.807, 2.05) is 0 Å². The fraction of sp³-hybridized carbons (Fsp3) is 0.385. The van der Waals surface area contributed by atoms with Gasteiger partial charge in [-0.3, -0.25) is 4.79 Å². The number of amides is 2. The van der Waals surface area contributed by atoms with Crippen LogP contribution in [0.1, 0.15) is 11.5 Å². The largest absolute Gasteiger partial charge is 0.480 e. The van der Waals surface area contributed by atoms with Crippen LogP contribution < -0.4 is 0 Å². The molecule has 2 amide bonds. The Kier molecular flexibility index (Phi) is 5.01. The van der Waals surface area contributed by atoms with Crippen LogP contribution in [-0.4, -0.2) is 47.0 Å². The van der Waals surface area contributed by atoms with E-state index >= 15 is 0 Å². The second-order valence-corrected chi connectivity index (χ2v) is 4.10. The molecule has 1 heterocycles. The Hall–Kier alpha value is -2.42. The Morgan fingerprint density at radius 2 is 2.16 bits per heavy atom. The number of urea groups is 1. The third kappa shape index (κ3) is 4.39. The van der Waals surface area contributed by atoms with Crippen molar-refractivity contribution in [1.82, 2.24) is 9.80 Å². The van der Waals surface area contributed by atoms with E-state index in [4.69, 9.17) is 15.9 Å². The molecule has 1 aromatic heterocycles. The van der Waals surface area contributed by atoms with E-state index in [2.05, 4.69) is 5.92 Å². The summed E-state index contributed by atoms with van der Waals surface area (Å²) >= 11 is 0. The van der Waals surface area contributed by atoms with Gasteiger partial charge in [0, 0.05) is 7.05 Å². The second-order valence-electron chi connectivity index (χ2n) is 4.10. The monoisotopic (exact) mass is 264 g/mol. The number of rotatable bonds is 5. The van der Waals surface area contributed by atoms with Crippen molar-refractivity contribution in [1.29, 1.82) is 0 Å². The molecule has 0 atom stereocenters. The van der Waals surface area contributed by atoms with Gasteiger partial charge in [0.2, 0.25) is 0 Å². The van der Waals surface area contributed by atoms with Gasteiger partial charge in [-0.25, -0.2) is 4.79 Å². The topological polar surface area (TPSA) is 74.0 Å². The van der Waals surface area contributed by atoms with Crippen molar-refractivity contribution in [3.63, 3.8) is 0 Å². The van der Waals surface area contributed by atoms with Gasteiger partial charge in [-0.1, -0.05) is 5.92 Å². The highest BCUT2D eigenvalue weighted by molar-refractivity contribution is 5.80. The van der Waals surface area contributed by atoms with Gasteiger partial charge in [-0.2, -0.15) is 0 Å². The van der Waals surface area contributed by atoms with Crippen LogP contribution in [0.3, 0.4) is 0 Å². The molecular weight excluding hydrogens is 248 g/mol. The number of nitrogens with zero attached hydrogens (tertiary/aromatic N) is 2. The lowest BCUT2D eigenvalue weighted by Crippen LogP contribution is -2.43. The maximum Gasteiger partial charge on any atom is 0.323 e. The summed E-state index contributed by atoms with van der Waals surface area (Å²) < 4.78 is 5.36. The summed E-state index contributed by atoms with van der Waals surface area (Å²) in [4.78, 5) is 25.1. The van der Waals surface area contributed by atoms with Gasteiger partial charge in [0.1, 0.15) is 18.1 Å². The molecule has 0 unspecified atom stereocenters. The number of hydrogen-bond donors (Lipinski definition) is 1. The van der Waals surface area contributed by atoms with Crippen LogP contribution in [0.25, 0.3) is 0 Å². The molecule has 19 heavy (non-hydrogen) atoms. The molecule has 6 nitrogen and oxygen atoms in total. The average Bonchev–Trinajstić information content (AvgIpc) is 2.72. The molecule has 0 bridgehead atoms. The van der Waals surface area contributed by atoms with Crippen LogP contribution in [0, 0.1) is 19.3 Å². The molecule has 0 saturated heterocycles. The highest BCUT2D eigenvalue weighted by Gasteiger charge is 2.20. The fourth-order valence-electron chi connectivity index (χ4n) is 1.58. The summed E-state index contributed by atoms with van der Waals surface area (Å²) in [5.74, 6) is 2.54. The van der Waals surface area contributed by atoms with Crippen LogP contribution >= 0.6 is 0 Å². The third-order valence-electron chi connectivity index (χ3n) is 2.39. The number of terminal acetylenes is 1. The summed E-state index contributed by atoms with van der Waals surface area (Å²) in [5, 5.41) is 8.73. The van der Waals surface area contributed by atoms with Crippen LogP contribution in [-0.2, 0) is 11.3 Å². The van der Waals surface area contributed by atoms with Gasteiger partial charge < -0.3 is 19.3 Å². The van der Waals surface area contributed by atoms with Gasteiger partial charge >= 0.3 is 12.0 Å². The maximum atomic E-state index is 12.0. The minimum Gasteiger partial charge on any atom is -0.480 e. The van der Waals surface area contributed by atoms with Gasteiger partial charge in [0.25, 0.3) is 0 Å². The van der Waals surface area contributed by atoms with Crippen LogP contribution in [0.5, 0.6) is 0 Å². The van der Waals surface area contributed by atoms with E-state index in [1.54, 1.807) is 26.1 Å². The zero-order valence-corrected chi connectivity index (χ0v) is 10.9. The van der Waals surface area contributed by atoms with E-state index in [0.29, 0.717) is 5.76 Å². The molecular formula is C13H16N2O4. The van der Waals surface area contributed by atoms with Crippen molar-refractivity contribution >= 4 is 12.0 Å². The Balaban J connectivity index is 2.67. The number of hydrogen-bond acceptors (Lipinski definition) is 3. The first-order valence-electron chi connectivity index (χ1n) is 5.64. The molecule has 0 aliphatic heterocycles. The molecule has 1 N–H and O–H groups in total. The van der Waals surface area contributed by atoms with Gasteiger partial charge in [0.15, 0.2) is 0 Å². The molecule has 102 valence electrons. The smallest absolute Gasteiger partial charge is 0.323 e. The molecule has 1 aromatic rings. The van der Waals surface area contributed by atoms with E-state index in [-0.39, 0.29) is 13.1 Å². The van der Waals surface area contributed by atoms with Crippen LogP contribution in [0.2, 0.25) is 0 Å². The lowest BCUT2D eigenvalue weighted by atomic mass is 10.4. The first-order valence-corrected chi connectivity index (χ1v) is 5.64. The van der Waals surface area contributed by atoms with Crippen molar-refractivity contribution < 1.29 is 19.1 Å². The van der Waals surface area contributed by atoms with Crippen LogP contribution in [0.15, 0.2) is 16.5 Å². The van der Waals surface area contributed by atoms with Crippen molar-refractivity contribution in [2.45, 2.75) is 13.5 Å². The van der Waals surface area contributed by atoms with Gasteiger partial charge in [0.05, 0.1) is 13.1 Å². The highest BCUT2D eigenvalue weighted by Crippen LogP contribution is 2.10. The highest BCUT2D eigenvalue weighted by atomic mass is 16.4. The first-order chi connectivity index (χ1) is 8.93. The normalized spacial score (nSPS) is 9.74. The Morgan fingerprint density at radius 3 is 2.63 bits per heavy atom. The molecule has 1 rings (SSSR count). The quantitative estimate of drug-likeness (QED) is 0.810. The van der Waals surface area contributed by atoms with Crippen molar-refractivity contribution in [3.8, 4) is 12.3 Å². The number of carbonyl (C=O) groups is 2. The van der Waals surface area contributed by atoms with E-state index in [0.717, 1.165) is 10.7 Å². The number of aliphatic carboxylic acids is 1. The summed E-state index contributed by atoms with van der Waals surface area (Å²) in [7, 11) is 1.56. The van der Waals surface area contributed by atoms with E-state index < -0.39 is 18.5 Å². The molecule has 0 aliphatic rings.